The predicted octanol–water partition coefficient (Wildman–Crippen LogP) is 1.44. The smallest absolute Gasteiger partial charge is 0.0110 e. The van der Waals surface area contributed by atoms with Crippen molar-refractivity contribution in [1.82, 2.24) is 9.80 Å². The molecule has 0 aromatic rings. The van der Waals surface area contributed by atoms with E-state index in [9.17, 15) is 0 Å². The Hall–Kier alpha value is 0.270. The van der Waals surface area contributed by atoms with Gasteiger partial charge >= 0.3 is 0 Å². The average Bonchev–Trinajstić information content (AvgIpc) is 2.16. The molecule has 0 radical (unpaired) electrons. The van der Waals surface area contributed by atoms with Crippen LogP contribution in [-0.4, -0.2) is 55.3 Å². The molecule has 1 aliphatic rings. The van der Waals surface area contributed by atoms with Crippen molar-refractivity contribution in [2.45, 2.75) is 13.8 Å². The van der Waals surface area contributed by atoms with Crippen LogP contribution in [0.15, 0.2) is 0 Å². The first-order valence-corrected chi connectivity index (χ1v) is 6.28. The molecule has 0 saturated carbocycles. The van der Waals surface area contributed by atoms with Gasteiger partial charge in [0, 0.05) is 32.7 Å². The van der Waals surface area contributed by atoms with Gasteiger partial charge in [-0.2, -0.15) is 12.6 Å². The van der Waals surface area contributed by atoms with Crippen molar-refractivity contribution in [2.24, 2.45) is 11.8 Å². The molecular weight excluding hydrogens is 192 g/mol. The predicted molar refractivity (Wildman–Crippen MR) is 66.1 cm³/mol. The van der Waals surface area contributed by atoms with Crippen LogP contribution in [0.25, 0.3) is 0 Å². The highest BCUT2D eigenvalue weighted by Crippen LogP contribution is 2.15. The first kappa shape index (κ1) is 12.3. The molecule has 1 fully saturated rings. The third-order valence-electron chi connectivity index (χ3n) is 3.27. The van der Waals surface area contributed by atoms with Crippen molar-refractivity contribution in [3.63, 3.8) is 0 Å². The van der Waals surface area contributed by atoms with E-state index >= 15 is 0 Å². The van der Waals surface area contributed by atoms with Crippen molar-refractivity contribution in [2.75, 3.05) is 45.5 Å². The zero-order valence-electron chi connectivity index (χ0n) is 9.74. The van der Waals surface area contributed by atoms with Crippen molar-refractivity contribution >= 4 is 12.6 Å². The molecule has 0 aromatic heterocycles. The van der Waals surface area contributed by atoms with Gasteiger partial charge < -0.3 is 9.80 Å². The summed E-state index contributed by atoms with van der Waals surface area (Å²) in [4.78, 5) is 4.99. The molecule has 2 nitrogen and oxygen atoms in total. The standard InChI is InChI=1S/C11H24N2S/c1-10(2)11(9-14)8-13-6-4-12(3)5-7-13/h10-11,14H,4-9H2,1-3H3. The Morgan fingerprint density at radius 2 is 1.71 bits per heavy atom. The van der Waals surface area contributed by atoms with Gasteiger partial charge in [-0.3, -0.25) is 0 Å². The maximum absolute atomic E-state index is 4.44. The third kappa shape index (κ3) is 3.79. The van der Waals surface area contributed by atoms with Gasteiger partial charge in [0.2, 0.25) is 0 Å². The summed E-state index contributed by atoms with van der Waals surface area (Å²) in [7, 11) is 2.20. The number of piperazine rings is 1. The van der Waals surface area contributed by atoms with Gasteiger partial charge in [0.25, 0.3) is 0 Å². The zero-order valence-corrected chi connectivity index (χ0v) is 10.6. The molecule has 1 unspecified atom stereocenters. The molecule has 0 spiro atoms. The van der Waals surface area contributed by atoms with Crippen LogP contribution >= 0.6 is 12.6 Å². The van der Waals surface area contributed by atoms with E-state index in [1.165, 1.54) is 32.7 Å². The van der Waals surface area contributed by atoms with Crippen LogP contribution in [0.5, 0.6) is 0 Å². The molecule has 0 bridgehead atoms. The van der Waals surface area contributed by atoms with Crippen LogP contribution in [0.4, 0.5) is 0 Å². The quantitative estimate of drug-likeness (QED) is 0.710. The molecule has 0 aliphatic carbocycles. The van der Waals surface area contributed by atoms with Crippen LogP contribution in [0.1, 0.15) is 13.8 Å². The molecule has 84 valence electrons. The van der Waals surface area contributed by atoms with Crippen LogP contribution in [0, 0.1) is 11.8 Å². The van der Waals surface area contributed by atoms with Gasteiger partial charge in [-0.25, -0.2) is 0 Å². The minimum atomic E-state index is 0.752. The Balaban J connectivity index is 2.29. The monoisotopic (exact) mass is 216 g/mol. The maximum atomic E-state index is 4.44. The summed E-state index contributed by atoms with van der Waals surface area (Å²) in [5.74, 6) is 2.53. The lowest BCUT2D eigenvalue weighted by molar-refractivity contribution is 0.130. The number of hydrogen-bond donors (Lipinski definition) is 1. The molecule has 1 heterocycles. The molecule has 14 heavy (non-hydrogen) atoms. The molecule has 3 heteroatoms. The Bertz CT molecular complexity index is 153. The fourth-order valence-corrected chi connectivity index (χ4v) is 2.38. The first-order valence-electron chi connectivity index (χ1n) is 5.65. The Kier molecular flexibility index (Phi) is 5.28. The van der Waals surface area contributed by atoms with Crippen molar-refractivity contribution in [3.05, 3.63) is 0 Å². The molecule has 0 amide bonds. The van der Waals surface area contributed by atoms with Gasteiger partial charge in [-0.1, -0.05) is 13.8 Å². The van der Waals surface area contributed by atoms with Crippen LogP contribution in [0.2, 0.25) is 0 Å². The number of thiol groups is 1. The number of nitrogens with zero attached hydrogens (tertiary/aromatic N) is 2. The minimum absolute atomic E-state index is 0.752. The van der Waals surface area contributed by atoms with Crippen molar-refractivity contribution < 1.29 is 0 Å². The van der Waals surface area contributed by atoms with Gasteiger partial charge in [0.15, 0.2) is 0 Å². The van der Waals surface area contributed by atoms with E-state index in [2.05, 4.69) is 43.3 Å². The minimum Gasteiger partial charge on any atom is -0.304 e. The zero-order chi connectivity index (χ0) is 10.6. The van der Waals surface area contributed by atoms with Crippen molar-refractivity contribution in [1.29, 1.82) is 0 Å². The van der Waals surface area contributed by atoms with E-state index in [0.29, 0.717) is 0 Å². The summed E-state index contributed by atoms with van der Waals surface area (Å²) in [5, 5.41) is 0. The molecule has 0 N–H and O–H groups in total. The van der Waals surface area contributed by atoms with E-state index in [-0.39, 0.29) is 0 Å². The second-order valence-electron chi connectivity index (χ2n) is 4.79. The largest absolute Gasteiger partial charge is 0.304 e. The fraction of sp³-hybridized carbons (Fsp3) is 1.00. The van der Waals surface area contributed by atoms with E-state index in [1.54, 1.807) is 0 Å². The van der Waals surface area contributed by atoms with E-state index in [1.807, 2.05) is 0 Å². The summed E-state index contributed by atoms with van der Waals surface area (Å²) in [6.45, 7) is 10.7. The second-order valence-corrected chi connectivity index (χ2v) is 5.16. The second kappa shape index (κ2) is 5.99. The summed E-state index contributed by atoms with van der Waals surface area (Å²) in [6.07, 6.45) is 0. The molecule has 1 saturated heterocycles. The molecule has 1 atom stereocenters. The van der Waals surface area contributed by atoms with E-state index in [0.717, 1.165) is 17.6 Å². The van der Waals surface area contributed by atoms with E-state index < -0.39 is 0 Å². The third-order valence-corrected chi connectivity index (χ3v) is 3.73. The highest BCUT2D eigenvalue weighted by molar-refractivity contribution is 7.80. The lowest BCUT2D eigenvalue weighted by Crippen LogP contribution is -2.46. The van der Waals surface area contributed by atoms with Gasteiger partial charge in [-0.15, -0.1) is 0 Å². The normalized spacial score (nSPS) is 22.9. The average molecular weight is 216 g/mol. The lowest BCUT2D eigenvalue weighted by atomic mass is 9.97. The first-order chi connectivity index (χ1) is 6.63. The summed E-state index contributed by atoms with van der Waals surface area (Å²) in [5.41, 5.74) is 0. The van der Waals surface area contributed by atoms with Gasteiger partial charge in [-0.05, 0) is 24.6 Å². The van der Waals surface area contributed by atoms with E-state index in [4.69, 9.17) is 0 Å². The summed E-state index contributed by atoms with van der Waals surface area (Å²) >= 11 is 4.44. The van der Waals surface area contributed by atoms with Crippen LogP contribution in [-0.2, 0) is 0 Å². The van der Waals surface area contributed by atoms with Gasteiger partial charge in [0.05, 0.1) is 0 Å². The highest BCUT2D eigenvalue weighted by atomic mass is 32.1. The number of rotatable bonds is 4. The van der Waals surface area contributed by atoms with Crippen LogP contribution in [0.3, 0.4) is 0 Å². The summed E-state index contributed by atoms with van der Waals surface area (Å²) in [6, 6.07) is 0. The number of hydrogen-bond acceptors (Lipinski definition) is 3. The molecular formula is C11H24N2S. The summed E-state index contributed by atoms with van der Waals surface area (Å²) < 4.78 is 0. The molecule has 1 rings (SSSR count). The number of likely N-dealkylation sites (N-methyl/N-ethyl adjacent to an activating group) is 1. The SMILES string of the molecule is CC(C)C(CS)CN1CCN(C)CC1. The molecule has 0 aromatic carbocycles. The topological polar surface area (TPSA) is 6.48 Å². The Morgan fingerprint density at radius 3 is 2.14 bits per heavy atom. The van der Waals surface area contributed by atoms with Gasteiger partial charge in [0.1, 0.15) is 0 Å². The molecule has 1 aliphatic heterocycles. The maximum Gasteiger partial charge on any atom is 0.0110 e. The van der Waals surface area contributed by atoms with Crippen LogP contribution < -0.4 is 0 Å². The Labute approximate surface area is 94.1 Å². The highest BCUT2D eigenvalue weighted by Gasteiger charge is 2.19. The Morgan fingerprint density at radius 1 is 1.14 bits per heavy atom. The lowest BCUT2D eigenvalue weighted by Gasteiger charge is -2.35. The van der Waals surface area contributed by atoms with Crippen molar-refractivity contribution in [3.8, 4) is 0 Å². The fourth-order valence-electron chi connectivity index (χ4n) is 1.84.